The van der Waals surface area contributed by atoms with Crippen LogP contribution in [-0.2, 0) is 13.6 Å². The smallest absolute Gasteiger partial charge is 0.146 e. The number of aromatic amines is 1. The van der Waals surface area contributed by atoms with Crippen LogP contribution in [0.4, 0.5) is 0 Å². The highest BCUT2D eigenvalue weighted by Gasteiger charge is 2.30. The molecule has 130 valence electrons. The molecule has 2 aliphatic rings. The minimum atomic E-state index is 0.470. The maximum atomic E-state index is 4.82. The summed E-state index contributed by atoms with van der Waals surface area (Å²) in [5.74, 6) is 4.50. The Hall–Kier alpha value is -2.21. The normalized spacial score (nSPS) is 21.9. The molecule has 2 aromatic heterocycles. The number of benzene rings is 1. The van der Waals surface area contributed by atoms with E-state index in [1.54, 1.807) is 0 Å². The van der Waals surface area contributed by atoms with E-state index in [-0.39, 0.29) is 0 Å². The van der Waals surface area contributed by atoms with Crippen molar-refractivity contribution in [3.05, 3.63) is 41.7 Å². The number of piperidine rings is 1. The number of hydrogen-bond acceptors (Lipinski definition) is 4. The van der Waals surface area contributed by atoms with Crippen LogP contribution in [0.3, 0.4) is 0 Å². The highest BCUT2D eigenvalue weighted by molar-refractivity contribution is 5.74. The number of nitrogens with zero attached hydrogens (tertiary/aromatic N) is 5. The second-order valence-corrected chi connectivity index (χ2v) is 7.52. The fourth-order valence-electron chi connectivity index (χ4n) is 4.00. The van der Waals surface area contributed by atoms with Crippen LogP contribution in [0.25, 0.3) is 11.0 Å². The molecule has 1 N–H and O–H groups in total. The summed E-state index contributed by atoms with van der Waals surface area (Å²) in [5.41, 5.74) is 2.20. The van der Waals surface area contributed by atoms with Crippen molar-refractivity contribution in [2.45, 2.75) is 44.1 Å². The average Bonchev–Trinajstić information content (AvgIpc) is 3.28. The summed E-state index contributed by atoms with van der Waals surface area (Å²) in [6.45, 7) is 3.04. The highest BCUT2D eigenvalue weighted by Crippen LogP contribution is 2.39. The molecule has 2 fully saturated rings. The molecule has 0 bridgehead atoms. The molecule has 3 aromatic rings. The second kappa shape index (κ2) is 5.95. The number of fused-ring (bicyclic) bond motifs is 1. The molecular weight excluding hydrogens is 312 g/mol. The van der Waals surface area contributed by atoms with Crippen molar-refractivity contribution in [1.29, 1.82) is 0 Å². The van der Waals surface area contributed by atoms with Gasteiger partial charge in [-0.3, -0.25) is 4.90 Å². The van der Waals surface area contributed by atoms with Crippen LogP contribution in [0.15, 0.2) is 24.3 Å². The quantitative estimate of drug-likeness (QED) is 0.796. The third-order valence-electron chi connectivity index (χ3n) is 5.61. The van der Waals surface area contributed by atoms with Gasteiger partial charge in [-0.05, 0) is 44.4 Å². The van der Waals surface area contributed by atoms with Gasteiger partial charge in [0.25, 0.3) is 0 Å². The van der Waals surface area contributed by atoms with E-state index in [2.05, 4.69) is 49.9 Å². The van der Waals surface area contributed by atoms with E-state index < -0.39 is 0 Å². The summed E-state index contributed by atoms with van der Waals surface area (Å²) in [4.78, 5) is 10.8. The molecule has 6 heteroatoms. The van der Waals surface area contributed by atoms with Crippen LogP contribution < -0.4 is 0 Å². The molecule has 25 heavy (non-hydrogen) atoms. The van der Waals surface area contributed by atoms with Gasteiger partial charge in [0.2, 0.25) is 0 Å². The predicted molar refractivity (Wildman–Crippen MR) is 96.3 cm³/mol. The van der Waals surface area contributed by atoms with Crippen molar-refractivity contribution in [3.8, 4) is 0 Å². The molecule has 3 heterocycles. The summed E-state index contributed by atoms with van der Waals surface area (Å²) in [7, 11) is 2.11. The first-order valence-corrected chi connectivity index (χ1v) is 9.33. The molecule has 1 aliphatic carbocycles. The molecule has 1 unspecified atom stereocenters. The first-order chi connectivity index (χ1) is 12.3. The summed E-state index contributed by atoms with van der Waals surface area (Å²) in [6, 6.07) is 8.29. The summed E-state index contributed by atoms with van der Waals surface area (Å²) in [5, 5.41) is 8.87. The Morgan fingerprint density at radius 1 is 1.12 bits per heavy atom. The van der Waals surface area contributed by atoms with Crippen molar-refractivity contribution in [2.75, 3.05) is 13.1 Å². The van der Waals surface area contributed by atoms with Crippen LogP contribution in [0.1, 0.15) is 55.0 Å². The van der Waals surface area contributed by atoms with Gasteiger partial charge in [-0.1, -0.05) is 12.1 Å². The third-order valence-corrected chi connectivity index (χ3v) is 5.61. The molecule has 1 aliphatic heterocycles. The zero-order valence-corrected chi connectivity index (χ0v) is 14.6. The highest BCUT2D eigenvalue weighted by atomic mass is 15.3. The minimum absolute atomic E-state index is 0.470. The monoisotopic (exact) mass is 336 g/mol. The van der Waals surface area contributed by atoms with Crippen molar-refractivity contribution < 1.29 is 0 Å². The molecule has 0 spiro atoms. The van der Waals surface area contributed by atoms with Crippen molar-refractivity contribution >= 4 is 11.0 Å². The Labute approximate surface area is 147 Å². The van der Waals surface area contributed by atoms with Gasteiger partial charge in [-0.2, -0.15) is 0 Å². The van der Waals surface area contributed by atoms with Crippen molar-refractivity contribution in [3.63, 3.8) is 0 Å². The molecule has 1 aromatic carbocycles. The van der Waals surface area contributed by atoms with Crippen LogP contribution >= 0.6 is 0 Å². The standard InChI is InChI=1S/C19H24N6/c1-24-17(22-23-19(24)13-8-9-13)12-25-10-4-5-14(11-25)18-20-15-6-2-3-7-16(15)21-18/h2-3,6-7,13-14H,4-5,8-12H2,1H3,(H,20,21). The fourth-order valence-corrected chi connectivity index (χ4v) is 4.00. The van der Waals surface area contributed by atoms with Crippen LogP contribution in [0.2, 0.25) is 0 Å². The number of likely N-dealkylation sites (tertiary alicyclic amines) is 1. The van der Waals surface area contributed by atoms with Crippen molar-refractivity contribution in [2.24, 2.45) is 7.05 Å². The molecule has 6 nitrogen and oxygen atoms in total. The lowest BCUT2D eigenvalue weighted by Crippen LogP contribution is -2.35. The van der Waals surface area contributed by atoms with Gasteiger partial charge in [0, 0.05) is 25.4 Å². The van der Waals surface area contributed by atoms with Gasteiger partial charge in [0.1, 0.15) is 17.5 Å². The van der Waals surface area contributed by atoms with Gasteiger partial charge in [0.05, 0.1) is 17.6 Å². The van der Waals surface area contributed by atoms with E-state index in [0.717, 1.165) is 42.3 Å². The molecule has 5 rings (SSSR count). The molecule has 1 atom stereocenters. The lowest BCUT2D eigenvalue weighted by Gasteiger charge is -2.31. The van der Waals surface area contributed by atoms with Crippen molar-refractivity contribution in [1.82, 2.24) is 29.6 Å². The van der Waals surface area contributed by atoms with Crippen LogP contribution in [-0.4, -0.2) is 42.7 Å². The zero-order valence-electron chi connectivity index (χ0n) is 14.6. The van der Waals surface area contributed by atoms with E-state index in [1.165, 1.54) is 31.5 Å². The Bertz CT molecular complexity index is 857. The van der Waals surface area contributed by atoms with Gasteiger partial charge in [-0.15, -0.1) is 10.2 Å². The first-order valence-electron chi connectivity index (χ1n) is 9.33. The SMILES string of the molecule is Cn1c(CN2CCCC(c3nc4ccccc4[nH]3)C2)nnc1C1CC1. The van der Waals surface area contributed by atoms with E-state index >= 15 is 0 Å². The summed E-state index contributed by atoms with van der Waals surface area (Å²) in [6.07, 6.45) is 4.94. The van der Waals surface area contributed by atoms with Gasteiger partial charge >= 0.3 is 0 Å². The predicted octanol–water partition coefficient (Wildman–Crippen LogP) is 2.95. The van der Waals surface area contributed by atoms with Gasteiger partial charge in [0.15, 0.2) is 0 Å². The molecule has 1 saturated carbocycles. The number of aromatic nitrogens is 5. The van der Waals surface area contributed by atoms with E-state index in [9.17, 15) is 0 Å². The lowest BCUT2D eigenvalue weighted by atomic mass is 9.97. The maximum Gasteiger partial charge on any atom is 0.146 e. The van der Waals surface area contributed by atoms with E-state index in [4.69, 9.17) is 4.98 Å². The number of hydrogen-bond donors (Lipinski definition) is 1. The number of imidazole rings is 1. The molecular formula is C19H24N6. The van der Waals surface area contributed by atoms with E-state index in [1.807, 2.05) is 6.07 Å². The average molecular weight is 336 g/mol. The lowest BCUT2D eigenvalue weighted by molar-refractivity contribution is 0.191. The molecule has 0 radical (unpaired) electrons. The van der Waals surface area contributed by atoms with Gasteiger partial charge < -0.3 is 9.55 Å². The topological polar surface area (TPSA) is 62.6 Å². The number of para-hydroxylation sites is 2. The third kappa shape index (κ3) is 2.84. The second-order valence-electron chi connectivity index (χ2n) is 7.52. The summed E-state index contributed by atoms with van der Waals surface area (Å²) >= 11 is 0. The molecule has 1 saturated heterocycles. The Morgan fingerprint density at radius 2 is 2.00 bits per heavy atom. The van der Waals surface area contributed by atoms with E-state index in [0.29, 0.717) is 11.8 Å². The van der Waals surface area contributed by atoms with Gasteiger partial charge in [-0.25, -0.2) is 4.98 Å². The maximum absolute atomic E-state index is 4.82. The Kier molecular flexibility index (Phi) is 3.59. The van der Waals surface area contributed by atoms with Crippen LogP contribution in [0, 0.1) is 0 Å². The number of nitrogens with one attached hydrogen (secondary N) is 1. The number of H-pyrrole nitrogens is 1. The Balaban J connectivity index is 1.32. The fraction of sp³-hybridized carbons (Fsp3) is 0.526. The van der Waals surface area contributed by atoms with Crippen LogP contribution in [0.5, 0.6) is 0 Å². The Morgan fingerprint density at radius 3 is 2.84 bits per heavy atom. The first kappa shape index (κ1) is 15.1. The largest absolute Gasteiger partial charge is 0.342 e. The number of rotatable bonds is 4. The minimum Gasteiger partial charge on any atom is -0.342 e. The summed E-state index contributed by atoms with van der Waals surface area (Å²) < 4.78 is 2.21. The zero-order chi connectivity index (χ0) is 16.8. The molecule has 0 amide bonds.